The van der Waals surface area contributed by atoms with Crippen LogP contribution in [0.1, 0.15) is 18.3 Å². The summed E-state index contributed by atoms with van der Waals surface area (Å²) < 4.78 is 22.5. The van der Waals surface area contributed by atoms with Crippen LogP contribution in [0.2, 0.25) is 19.6 Å². The highest BCUT2D eigenvalue weighted by Crippen LogP contribution is 2.33. The molecule has 0 saturated heterocycles. The van der Waals surface area contributed by atoms with E-state index >= 15 is 0 Å². The molecule has 18 heavy (non-hydrogen) atoms. The van der Waals surface area contributed by atoms with E-state index in [9.17, 15) is 0 Å². The van der Waals surface area contributed by atoms with Crippen LogP contribution in [0.25, 0.3) is 0 Å². The number of hydrogen-bond acceptors (Lipinski definition) is 4. The topological polar surface area (TPSA) is 40.8 Å². The molecule has 0 saturated carbocycles. The van der Waals surface area contributed by atoms with Crippen molar-refractivity contribution < 1.29 is 18.3 Å². The first-order valence-corrected chi connectivity index (χ1v) is 9.50. The van der Waals surface area contributed by atoms with Crippen LogP contribution in [0, 0.1) is 0 Å². The Kier molecular flexibility index (Phi) is 3.94. The summed E-state index contributed by atoms with van der Waals surface area (Å²) in [6.07, 6.45) is 3.73. The second kappa shape index (κ2) is 5.30. The molecule has 0 unspecified atom stereocenters. The molecule has 1 aliphatic heterocycles. The maximum atomic E-state index is 6.04. The third-order valence-corrected chi connectivity index (χ3v) is 3.41. The highest BCUT2D eigenvalue weighted by atomic mass is 28.4. The van der Waals surface area contributed by atoms with Crippen molar-refractivity contribution in [3.63, 3.8) is 0 Å². The number of hydrogen-bond donors (Lipinski definition) is 0. The first-order valence-electron chi connectivity index (χ1n) is 6.09. The van der Waals surface area contributed by atoms with Crippen molar-refractivity contribution in [1.29, 1.82) is 0 Å². The summed E-state index contributed by atoms with van der Waals surface area (Å²) in [4.78, 5) is 0. The van der Waals surface area contributed by atoms with E-state index in [-0.39, 0.29) is 12.4 Å². The zero-order chi connectivity index (χ0) is 13.2. The standard InChI is InChI=1S/C13H20O4Si/c1-14-13-9-10(17-18(2,3)4)8-12(16-13)11-6-5-7-15-11/h5-7,9,12-13H,8H2,1-4H3/t12-,13-/m1/s1. The van der Waals surface area contributed by atoms with Crippen LogP contribution in [0.4, 0.5) is 0 Å². The summed E-state index contributed by atoms with van der Waals surface area (Å²) in [5.74, 6) is 1.75. The maximum absolute atomic E-state index is 6.04. The normalized spacial score (nSPS) is 24.8. The van der Waals surface area contributed by atoms with Crippen LogP contribution in [0.5, 0.6) is 0 Å². The maximum Gasteiger partial charge on any atom is 0.241 e. The van der Waals surface area contributed by atoms with Gasteiger partial charge in [-0.3, -0.25) is 0 Å². The molecule has 1 aromatic heterocycles. The van der Waals surface area contributed by atoms with Gasteiger partial charge >= 0.3 is 0 Å². The molecule has 0 amide bonds. The molecule has 2 heterocycles. The molecule has 1 aliphatic rings. The van der Waals surface area contributed by atoms with Gasteiger partial charge in [-0.2, -0.15) is 0 Å². The Morgan fingerprint density at radius 2 is 2.11 bits per heavy atom. The van der Waals surface area contributed by atoms with Crippen LogP contribution >= 0.6 is 0 Å². The average molecular weight is 268 g/mol. The Labute approximate surface area is 109 Å². The second-order valence-electron chi connectivity index (χ2n) is 5.30. The highest BCUT2D eigenvalue weighted by Gasteiger charge is 2.29. The smallest absolute Gasteiger partial charge is 0.241 e. The van der Waals surface area contributed by atoms with E-state index in [0.717, 1.165) is 11.5 Å². The lowest BCUT2D eigenvalue weighted by Crippen LogP contribution is -2.29. The summed E-state index contributed by atoms with van der Waals surface area (Å²) in [7, 11) is 0.0114. The first kappa shape index (κ1) is 13.4. The van der Waals surface area contributed by atoms with Crippen LogP contribution in [0.15, 0.2) is 34.6 Å². The van der Waals surface area contributed by atoms with E-state index in [2.05, 4.69) is 19.6 Å². The number of furan rings is 1. The minimum atomic E-state index is -1.61. The lowest BCUT2D eigenvalue weighted by Gasteiger charge is -2.30. The molecule has 0 bridgehead atoms. The van der Waals surface area contributed by atoms with Gasteiger partial charge in [0, 0.05) is 19.6 Å². The quantitative estimate of drug-likeness (QED) is 0.784. The summed E-state index contributed by atoms with van der Waals surface area (Å²) in [5, 5.41) is 0. The van der Waals surface area contributed by atoms with Gasteiger partial charge in [0.25, 0.3) is 0 Å². The van der Waals surface area contributed by atoms with Crippen molar-refractivity contribution in [2.24, 2.45) is 0 Å². The van der Waals surface area contributed by atoms with Crippen molar-refractivity contribution in [2.45, 2.75) is 38.5 Å². The molecule has 0 aliphatic carbocycles. The summed E-state index contributed by atoms with van der Waals surface area (Å²) in [6, 6.07) is 3.77. The van der Waals surface area contributed by atoms with Gasteiger partial charge in [0.1, 0.15) is 11.9 Å². The minimum Gasteiger partial charge on any atom is -0.547 e. The first-order chi connectivity index (χ1) is 8.48. The number of methoxy groups -OCH3 is 1. The van der Waals surface area contributed by atoms with E-state index in [1.54, 1.807) is 13.4 Å². The van der Waals surface area contributed by atoms with Crippen molar-refractivity contribution in [3.8, 4) is 0 Å². The summed E-state index contributed by atoms with van der Waals surface area (Å²) >= 11 is 0. The Morgan fingerprint density at radius 3 is 2.67 bits per heavy atom. The van der Waals surface area contributed by atoms with Crippen molar-refractivity contribution in [1.82, 2.24) is 0 Å². The molecule has 0 fully saturated rings. The second-order valence-corrected chi connectivity index (χ2v) is 9.72. The SMILES string of the molecule is CO[C@H]1C=C(O[Si](C)(C)C)C[C@H](c2ccco2)O1. The Hall–Kier alpha value is -1.04. The Bertz CT molecular complexity index is 405. The average Bonchev–Trinajstić information content (AvgIpc) is 2.79. The molecule has 5 heteroatoms. The van der Waals surface area contributed by atoms with Crippen LogP contribution < -0.4 is 0 Å². The number of ether oxygens (including phenoxy) is 2. The molecule has 0 spiro atoms. The van der Waals surface area contributed by atoms with Crippen LogP contribution in [-0.2, 0) is 13.9 Å². The molecule has 0 N–H and O–H groups in total. The van der Waals surface area contributed by atoms with E-state index in [0.29, 0.717) is 6.42 Å². The lowest BCUT2D eigenvalue weighted by molar-refractivity contribution is -0.144. The molecular weight excluding hydrogens is 248 g/mol. The molecule has 100 valence electrons. The van der Waals surface area contributed by atoms with Gasteiger partial charge in [-0.15, -0.1) is 0 Å². The minimum absolute atomic E-state index is 0.138. The van der Waals surface area contributed by atoms with E-state index in [4.69, 9.17) is 18.3 Å². The van der Waals surface area contributed by atoms with Gasteiger partial charge in [-0.05, 0) is 31.8 Å². The van der Waals surface area contributed by atoms with Gasteiger partial charge in [-0.1, -0.05) is 0 Å². The fraction of sp³-hybridized carbons (Fsp3) is 0.538. The molecule has 0 aromatic carbocycles. The third kappa shape index (κ3) is 3.47. The fourth-order valence-electron chi connectivity index (χ4n) is 1.89. The summed E-state index contributed by atoms with van der Waals surface area (Å²) in [6.45, 7) is 6.48. The van der Waals surface area contributed by atoms with Gasteiger partial charge in [-0.25, -0.2) is 0 Å². The van der Waals surface area contributed by atoms with Crippen LogP contribution in [-0.4, -0.2) is 21.7 Å². The monoisotopic (exact) mass is 268 g/mol. The Balaban J connectivity index is 2.13. The van der Waals surface area contributed by atoms with Crippen molar-refractivity contribution in [2.75, 3.05) is 7.11 Å². The lowest BCUT2D eigenvalue weighted by atomic mass is 10.1. The molecule has 1 aromatic rings. The highest BCUT2D eigenvalue weighted by molar-refractivity contribution is 6.70. The van der Waals surface area contributed by atoms with Gasteiger partial charge in [0.15, 0.2) is 6.29 Å². The largest absolute Gasteiger partial charge is 0.547 e. The molecule has 4 nitrogen and oxygen atoms in total. The zero-order valence-electron chi connectivity index (χ0n) is 11.3. The molecular formula is C13H20O4Si. The number of rotatable bonds is 4. The van der Waals surface area contributed by atoms with Crippen LogP contribution in [0.3, 0.4) is 0 Å². The van der Waals surface area contributed by atoms with E-state index in [1.807, 2.05) is 18.2 Å². The van der Waals surface area contributed by atoms with Gasteiger partial charge in [0.05, 0.1) is 12.0 Å². The predicted molar refractivity (Wildman–Crippen MR) is 70.5 cm³/mol. The summed E-state index contributed by atoms with van der Waals surface area (Å²) in [5.41, 5.74) is 0. The van der Waals surface area contributed by atoms with E-state index < -0.39 is 8.32 Å². The van der Waals surface area contributed by atoms with Crippen molar-refractivity contribution >= 4 is 8.32 Å². The molecule has 2 rings (SSSR count). The fourth-order valence-corrected chi connectivity index (χ4v) is 2.82. The molecule has 2 atom stereocenters. The molecule has 0 radical (unpaired) electrons. The van der Waals surface area contributed by atoms with E-state index in [1.165, 1.54) is 0 Å². The van der Waals surface area contributed by atoms with Gasteiger partial charge < -0.3 is 18.3 Å². The predicted octanol–water partition coefficient (Wildman–Crippen LogP) is 3.45. The third-order valence-electron chi connectivity index (χ3n) is 2.54. The van der Waals surface area contributed by atoms with Crippen molar-refractivity contribution in [3.05, 3.63) is 36.0 Å². The zero-order valence-corrected chi connectivity index (χ0v) is 12.3. The van der Waals surface area contributed by atoms with Gasteiger partial charge in [0.2, 0.25) is 8.32 Å². The Morgan fingerprint density at radius 1 is 1.33 bits per heavy atom.